The lowest BCUT2D eigenvalue weighted by molar-refractivity contribution is -0.129. The molecule has 0 aromatic heterocycles. The van der Waals surface area contributed by atoms with Gasteiger partial charge >= 0.3 is 0 Å². The zero-order valence-corrected chi connectivity index (χ0v) is 19.6. The first-order chi connectivity index (χ1) is 16.0. The van der Waals surface area contributed by atoms with Gasteiger partial charge in [0.25, 0.3) is 0 Å². The molecule has 0 saturated carbocycles. The van der Waals surface area contributed by atoms with E-state index in [0.29, 0.717) is 32.1 Å². The van der Waals surface area contributed by atoms with E-state index >= 15 is 0 Å². The molecule has 5 rings (SSSR count). The highest BCUT2D eigenvalue weighted by molar-refractivity contribution is 8.00. The summed E-state index contributed by atoms with van der Waals surface area (Å²) in [5.74, 6) is 1.71. The van der Waals surface area contributed by atoms with E-state index in [2.05, 4.69) is 0 Å². The predicted octanol–water partition coefficient (Wildman–Crippen LogP) is 3.24. The van der Waals surface area contributed by atoms with Crippen molar-refractivity contribution in [2.45, 2.75) is 9.79 Å². The fraction of sp³-hybridized carbons (Fsp3) is 0.292. The molecule has 2 aliphatic rings. The van der Waals surface area contributed by atoms with Crippen LogP contribution in [0.25, 0.3) is 10.8 Å². The number of carbonyl (C=O) groups excluding carboxylic acids is 1. The van der Waals surface area contributed by atoms with Crippen LogP contribution in [0.4, 0.5) is 0 Å². The number of thioether (sulfide) groups is 1. The SMILES string of the molecule is O=C(CSc1ccc2c(c1)OCCO2)N1CCN(S(=O)(=O)c2ccc3ccccc3c2)CC1. The Balaban J connectivity index is 1.18. The third-order valence-corrected chi connectivity index (χ3v) is 8.70. The van der Waals surface area contributed by atoms with Gasteiger partial charge in [0.15, 0.2) is 11.5 Å². The van der Waals surface area contributed by atoms with Crippen molar-refractivity contribution in [3.8, 4) is 11.5 Å². The van der Waals surface area contributed by atoms with Gasteiger partial charge in [-0.2, -0.15) is 4.31 Å². The Hall–Kier alpha value is -2.75. The van der Waals surface area contributed by atoms with Crippen LogP contribution >= 0.6 is 11.8 Å². The summed E-state index contributed by atoms with van der Waals surface area (Å²) in [6, 6.07) is 18.6. The van der Waals surface area contributed by atoms with Crippen LogP contribution in [0.3, 0.4) is 0 Å². The molecule has 2 aliphatic heterocycles. The summed E-state index contributed by atoms with van der Waals surface area (Å²) in [6.45, 7) is 2.40. The fourth-order valence-electron chi connectivity index (χ4n) is 4.00. The molecular weight excluding hydrogens is 460 g/mol. The number of fused-ring (bicyclic) bond motifs is 2. The normalized spacial score (nSPS) is 16.7. The summed E-state index contributed by atoms with van der Waals surface area (Å²) in [6.07, 6.45) is 0. The molecule has 33 heavy (non-hydrogen) atoms. The Morgan fingerprint density at radius 1 is 0.848 bits per heavy atom. The molecule has 2 heterocycles. The van der Waals surface area contributed by atoms with Gasteiger partial charge in [-0.25, -0.2) is 8.42 Å². The average Bonchev–Trinajstić information content (AvgIpc) is 2.87. The quantitative estimate of drug-likeness (QED) is 0.518. The van der Waals surface area contributed by atoms with Crippen molar-refractivity contribution >= 4 is 38.5 Å². The molecular formula is C24H24N2O5S2. The molecule has 0 unspecified atom stereocenters. The first-order valence-corrected chi connectivity index (χ1v) is 13.2. The molecule has 0 radical (unpaired) electrons. The minimum atomic E-state index is -3.60. The molecule has 0 bridgehead atoms. The van der Waals surface area contributed by atoms with Gasteiger partial charge in [-0.3, -0.25) is 4.79 Å². The van der Waals surface area contributed by atoms with Crippen LogP contribution < -0.4 is 9.47 Å². The van der Waals surface area contributed by atoms with Crippen molar-refractivity contribution in [1.82, 2.24) is 9.21 Å². The van der Waals surface area contributed by atoms with E-state index in [-0.39, 0.29) is 29.6 Å². The number of piperazine rings is 1. The number of sulfonamides is 1. The summed E-state index contributed by atoms with van der Waals surface area (Å²) >= 11 is 1.44. The topological polar surface area (TPSA) is 76.2 Å². The lowest BCUT2D eigenvalue weighted by atomic mass is 10.1. The van der Waals surface area contributed by atoms with Crippen molar-refractivity contribution in [2.75, 3.05) is 45.1 Å². The van der Waals surface area contributed by atoms with E-state index in [4.69, 9.17) is 9.47 Å². The largest absolute Gasteiger partial charge is 0.486 e. The molecule has 1 fully saturated rings. The molecule has 3 aromatic carbocycles. The van der Waals surface area contributed by atoms with E-state index in [9.17, 15) is 13.2 Å². The number of amides is 1. The maximum Gasteiger partial charge on any atom is 0.243 e. The predicted molar refractivity (Wildman–Crippen MR) is 127 cm³/mol. The smallest absolute Gasteiger partial charge is 0.243 e. The van der Waals surface area contributed by atoms with Crippen molar-refractivity contribution in [3.05, 3.63) is 60.7 Å². The van der Waals surface area contributed by atoms with Crippen LogP contribution in [0.2, 0.25) is 0 Å². The van der Waals surface area contributed by atoms with Gasteiger partial charge in [0.05, 0.1) is 10.6 Å². The van der Waals surface area contributed by atoms with Gasteiger partial charge in [0.2, 0.25) is 15.9 Å². The first-order valence-electron chi connectivity index (χ1n) is 10.8. The van der Waals surface area contributed by atoms with Crippen LogP contribution in [0.5, 0.6) is 11.5 Å². The summed E-state index contributed by atoms with van der Waals surface area (Å²) in [5, 5.41) is 1.89. The van der Waals surface area contributed by atoms with Gasteiger partial charge in [-0.1, -0.05) is 30.3 Å². The summed E-state index contributed by atoms with van der Waals surface area (Å²) in [5.41, 5.74) is 0. The molecule has 7 nitrogen and oxygen atoms in total. The Labute approximate surface area is 197 Å². The standard InChI is InChI=1S/C24H24N2O5S2/c27-24(17-32-20-6-8-22-23(16-20)31-14-13-30-22)25-9-11-26(12-10-25)33(28,29)21-7-5-18-3-1-2-4-19(18)15-21/h1-8,15-16H,9-14,17H2. The van der Waals surface area contributed by atoms with E-state index in [1.54, 1.807) is 17.0 Å². The lowest BCUT2D eigenvalue weighted by Crippen LogP contribution is -2.50. The van der Waals surface area contributed by atoms with Crippen molar-refractivity contribution in [2.24, 2.45) is 0 Å². The van der Waals surface area contributed by atoms with Crippen LogP contribution in [0.15, 0.2) is 70.5 Å². The Kier molecular flexibility index (Phi) is 6.18. The van der Waals surface area contributed by atoms with E-state index in [0.717, 1.165) is 21.4 Å². The van der Waals surface area contributed by atoms with Crippen molar-refractivity contribution < 1.29 is 22.7 Å². The third-order valence-electron chi connectivity index (χ3n) is 5.83. The minimum absolute atomic E-state index is 0.00218. The molecule has 0 spiro atoms. The summed E-state index contributed by atoms with van der Waals surface area (Å²) in [4.78, 5) is 15.7. The second kappa shape index (κ2) is 9.24. The Bertz CT molecular complexity index is 1290. The van der Waals surface area contributed by atoms with E-state index < -0.39 is 10.0 Å². The highest BCUT2D eigenvalue weighted by atomic mass is 32.2. The minimum Gasteiger partial charge on any atom is -0.486 e. The molecule has 0 N–H and O–H groups in total. The number of carbonyl (C=O) groups is 1. The second-order valence-electron chi connectivity index (χ2n) is 7.89. The molecule has 172 valence electrons. The zero-order chi connectivity index (χ0) is 22.8. The number of rotatable bonds is 5. The third kappa shape index (κ3) is 4.66. The highest BCUT2D eigenvalue weighted by Crippen LogP contribution is 2.34. The molecule has 3 aromatic rings. The van der Waals surface area contributed by atoms with Gasteiger partial charge in [-0.05, 0) is 41.1 Å². The van der Waals surface area contributed by atoms with Gasteiger partial charge in [-0.15, -0.1) is 11.8 Å². The molecule has 1 saturated heterocycles. The molecule has 0 aliphatic carbocycles. The monoisotopic (exact) mass is 484 g/mol. The number of hydrogen-bond acceptors (Lipinski definition) is 6. The fourth-order valence-corrected chi connectivity index (χ4v) is 6.29. The highest BCUT2D eigenvalue weighted by Gasteiger charge is 2.30. The van der Waals surface area contributed by atoms with Gasteiger partial charge in [0, 0.05) is 31.1 Å². The Morgan fingerprint density at radius 2 is 1.58 bits per heavy atom. The number of nitrogens with zero attached hydrogens (tertiary/aromatic N) is 2. The van der Waals surface area contributed by atoms with E-state index in [1.165, 1.54) is 16.1 Å². The zero-order valence-electron chi connectivity index (χ0n) is 18.0. The number of hydrogen-bond donors (Lipinski definition) is 0. The van der Waals surface area contributed by atoms with Crippen LogP contribution in [-0.2, 0) is 14.8 Å². The first kappa shape index (κ1) is 22.1. The van der Waals surface area contributed by atoms with Crippen molar-refractivity contribution in [1.29, 1.82) is 0 Å². The van der Waals surface area contributed by atoms with Crippen LogP contribution in [0, 0.1) is 0 Å². The number of benzene rings is 3. The molecule has 9 heteroatoms. The summed E-state index contributed by atoms with van der Waals surface area (Å²) in [7, 11) is -3.60. The Morgan fingerprint density at radius 3 is 2.36 bits per heavy atom. The number of ether oxygens (including phenoxy) is 2. The van der Waals surface area contributed by atoms with Crippen LogP contribution in [0.1, 0.15) is 0 Å². The maximum atomic E-state index is 13.1. The van der Waals surface area contributed by atoms with E-state index in [1.807, 2.05) is 48.5 Å². The van der Waals surface area contributed by atoms with Gasteiger partial charge < -0.3 is 14.4 Å². The van der Waals surface area contributed by atoms with Gasteiger partial charge in [0.1, 0.15) is 13.2 Å². The molecule has 0 atom stereocenters. The second-order valence-corrected chi connectivity index (χ2v) is 10.9. The van der Waals surface area contributed by atoms with Crippen molar-refractivity contribution in [3.63, 3.8) is 0 Å². The summed E-state index contributed by atoms with van der Waals surface area (Å²) < 4.78 is 38.9. The van der Waals surface area contributed by atoms with Crippen LogP contribution in [-0.4, -0.2) is 68.7 Å². The maximum absolute atomic E-state index is 13.1. The lowest BCUT2D eigenvalue weighted by Gasteiger charge is -2.34. The molecule has 1 amide bonds. The average molecular weight is 485 g/mol.